The zero-order valence-electron chi connectivity index (χ0n) is 9.92. The van der Waals surface area contributed by atoms with E-state index in [0.29, 0.717) is 12.0 Å². The van der Waals surface area contributed by atoms with Crippen LogP contribution in [-0.2, 0) is 7.05 Å². The van der Waals surface area contributed by atoms with Gasteiger partial charge in [-0.3, -0.25) is 4.68 Å². The van der Waals surface area contributed by atoms with Gasteiger partial charge in [-0.1, -0.05) is 20.8 Å². The minimum absolute atomic E-state index is 0.386. The topological polar surface area (TPSA) is 29.9 Å². The molecule has 0 aromatic carbocycles. The molecule has 1 N–H and O–H groups in total. The number of rotatable bonds is 5. The minimum atomic E-state index is 0.386. The lowest BCUT2D eigenvalue weighted by Gasteiger charge is -2.20. The Bertz CT molecular complexity index is 287. The first-order valence-corrected chi connectivity index (χ1v) is 6.26. The number of nitrogens with zero attached hydrogens (tertiary/aromatic N) is 2. The van der Waals surface area contributed by atoms with Crippen LogP contribution in [0.25, 0.3) is 0 Å². The molecule has 1 aromatic heterocycles. The van der Waals surface area contributed by atoms with Crippen molar-refractivity contribution in [3.05, 3.63) is 16.4 Å². The molecule has 1 heterocycles. The average molecular weight is 274 g/mol. The van der Waals surface area contributed by atoms with Gasteiger partial charge in [0.05, 0.1) is 22.4 Å². The Morgan fingerprint density at radius 1 is 1.53 bits per heavy atom. The molecule has 15 heavy (non-hydrogen) atoms. The lowest BCUT2D eigenvalue weighted by Crippen LogP contribution is -2.25. The number of aromatic nitrogens is 2. The van der Waals surface area contributed by atoms with Crippen LogP contribution in [0.2, 0.25) is 0 Å². The Labute approximate surface area is 100 Å². The molecule has 1 atom stereocenters. The highest BCUT2D eigenvalue weighted by Crippen LogP contribution is 2.27. The molecular formula is C11H20BrN3. The van der Waals surface area contributed by atoms with Crippen LogP contribution in [0.15, 0.2) is 10.7 Å². The first-order valence-electron chi connectivity index (χ1n) is 5.47. The maximum atomic E-state index is 4.26. The number of hydrogen-bond acceptors (Lipinski definition) is 2. The highest BCUT2D eigenvalue weighted by Gasteiger charge is 2.18. The van der Waals surface area contributed by atoms with Crippen molar-refractivity contribution >= 4 is 15.9 Å². The van der Waals surface area contributed by atoms with Crippen LogP contribution in [0.4, 0.5) is 0 Å². The van der Waals surface area contributed by atoms with E-state index < -0.39 is 0 Å². The van der Waals surface area contributed by atoms with Crippen LogP contribution in [0.5, 0.6) is 0 Å². The molecule has 0 amide bonds. The molecule has 0 fully saturated rings. The molecule has 0 aliphatic heterocycles. The molecule has 1 aromatic rings. The first-order chi connectivity index (χ1) is 7.06. The van der Waals surface area contributed by atoms with Crippen LogP contribution >= 0.6 is 15.9 Å². The van der Waals surface area contributed by atoms with Crippen molar-refractivity contribution in [2.45, 2.75) is 33.2 Å². The Hall–Kier alpha value is -0.350. The molecule has 0 saturated carbocycles. The molecule has 0 bridgehead atoms. The van der Waals surface area contributed by atoms with Gasteiger partial charge in [0.1, 0.15) is 0 Å². The van der Waals surface area contributed by atoms with Crippen molar-refractivity contribution in [2.24, 2.45) is 13.0 Å². The maximum Gasteiger partial charge on any atom is 0.0692 e. The second-order valence-electron chi connectivity index (χ2n) is 4.24. The summed E-state index contributed by atoms with van der Waals surface area (Å²) in [6.07, 6.45) is 2.99. The largest absolute Gasteiger partial charge is 0.309 e. The third-order valence-electron chi connectivity index (χ3n) is 2.43. The summed E-state index contributed by atoms with van der Waals surface area (Å²) in [7, 11) is 1.99. The number of hydrogen-bond donors (Lipinski definition) is 1. The lowest BCUT2D eigenvalue weighted by molar-refractivity contribution is 0.416. The predicted octanol–water partition coefficient (Wildman–Crippen LogP) is 2.88. The summed E-state index contributed by atoms with van der Waals surface area (Å²) >= 11 is 3.55. The monoisotopic (exact) mass is 273 g/mol. The molecule has 86 valence electrons. The van der Waals surface area contributed by atoms with Crippen LogP contribution in [0.3, 0.4) is 0 Å². The van der Waals surface area contributed by atoms with Gasteiger partial charge in [0.15, 0.2) is 0 Å². The quantitative estimate of drug-likeness (QED) is 0.894. The minimum Gasteiger partial charge on any atom is -0.309 e. The fourth-order valence-electron chi connectivity index (χ4n) is 1.82. The number of halogens is 1. The predicted molar refractivity (Wildman–Crippen MR) is 66.8 cm³/mol. The van der Waals surface area contributed by atoms with Gasteiger partial charge in [-0.2, -0.15) is 5.10 Å². The SMILES string of the molecule is CCNC(CC(C)C)c1c(Br)cnn1C. The van der Waals surface area contributed by atoms with Crippen LogP contribution < -0.4 is 5.32 Å². The van der Waals surface area contributed by atoms with Crippen molar-refractivity contribution in [1.29, 1.82) is 0 Å². The normalized spacial score (nSPS) is 13.5. The molecule has 1 unspecified atom stereocenters. The Kier molecular flexibility index (Phi) is 4.80. The van der Waals surface area contributed by atoms with Crippen LogP contribution in [0.1, 0.15) is 38.9 Å². The molecule has 0 spiro atoms. The molecule has 4 heteroatoms. The van der Waals surface area contributed by atoms with Gasteiger partial charge in [-0.25, -0.2) is 0 Å². The highest BCUT2D eigenvalue weighted by molar-refractivity contribution is 9.10. The summed E-state index contributed by atoms with van der Waals surface area (Å²) in [5.41, 5.74) is 1.24. The van der Waals surface area contributed by atoms with Gasteiger partial charge in [-0.15, -0.1) is 0 Å². The summed E-state index contributed by atoms with van der Waals surface area (Å²) in [5, 5.41) is 7.76. The van der Waals surface area contributed by atoms with E-state index in [4.69, 9.17) is 0 Å². The second-order valence-corrected chi connectivity index (χ2v) is 5.10. The van der Waals surface area contributed by atoms with E-state index in [0.717, 1.165) is 17.4 Å². The summed E-state index contributed by atoms with van der Waals surface area (Å²) in [4.78, 5) is 0. The van der Waals surface area contributed by atoms with Crippen LogP contribution in [0, 0.1) is 5.92 Å². The maximum absolute atomic E-state index is 4.26. The fourth-order valence-corrected chi connectivity index (χ4v) is 2.45. The lowest BCUT2D eigenvalue weighted by atomic mass is 10.0. The standard InChI is InChI=1S/C11H20BrN3/c1-5-13-10(6-8(2)3)11-9(12)7-14-15(11)4/h7-8,10,13H,5-6H2,1-4H3. The van der Waals surface area contributed by atoms with Gasteiger partial charge in [0, 0.05) is 7.05 Å². The van der Waals surface area contributed by atoms with E-state index >= 15 is 0 Å². The Morgan fingerprint density at radius 3 is 2.60 bits per heavy atom. The summed E-state index contributed by atoms with van der Waals surface area (Å²) in [6, 6.07) is 0.386. The van der Waals surface area contributed by atoms with Gasteiger partial charge in [0.25, 0.3) is 0 Å². The zero-order valence-corrected chi connectivity index (χ0v) is 11.5. The zero-order chi connectivity index (χ0) is 11.4. The molecular weight excluding hydrogens is 254 g/mol. The van der Waals surface area contributed by atoms with Gasteiger partial charge < -0.3 is 5.32 Å². The van der Waals surface area contributed by atoms with E-state index in [1.807, 2.05) is 17.9 Å². The molecule has 3 nitrogen and oxygen atoms in total. The van der Waals surface area contributed by atoms with Crippen molar-refractivity contribution in [3.63, 3.8) is 0 Å². The fraction of sp³-hybridized carbons (Fsp3) is 0.727. The van der Waals surface area contributed by atoms with Crippen molar-refractivity contribution in [1.82, 2.24) is 15.1 Å². The molecule has 0 radical (unpaired) electrons. The molecule has 0 aliphatic carbocycles. The van der Waals surface area contributed by atoms with Gasteiger partial charge in [-0.05, 0) is 34.8 Å². The summed E-state index contributed by atoms with van der Waals surface area (Å²) in [6.45, 7) is 7.61. The van der Waals surface area contributed by atoms with E-state index in [-0.39, 0.29) is 0 Å². The van der Waals surface area contributed by atoms with Gasteiger partial charge in [0.2, 0.25) is 0 Å². The van der Waals surface area contributed by atoms with Crippen molar-refractivity contribution in [3.8, 4) is 0 Å². The van der Waals surface area contributed by atoms with Gasteiger partial charge >= 0.3 is 0 Å². The van der Waals surface area contributed by atoms with Crippen molar-refractivity contribution in [2.75, 3.05) is 6.54 Å². The highest BCUT2D eigenvalue weighted by atomic mass is 79.9. The van der Waals surface area contributed by atoms with Crippen LogP contribution in [-0.4, -0.2) is 16.3 Å². The number of aryl methyl sites for hydroxylation is 1. The molecule has 0 saturated heterocycles. The smallest absolute Gasteiger partial charge is 0.0692 e. The summed E-state index contributed by atoms with van der Waals surface area (Å²) in [5.74, 6) is 0.677. The first kappa shape index (κ1) is 12.7. The Balaban J connectivity index is 2.87. The van der Waals surface area contributed by atoms with E-state index in [1.54, 1.807) is 0 Å². The Morgan fingerprint density at radius 2 is 2.20 bits per heavy atom. The van der Waals surface area contributed by atoms with E-state index in [9.17, 15) is 0 Å². The van der Waals surface area contributed by atoms with E-state index in [1.165, 1.54) is 5.69 Å². The third kappa shape index (κ3) is 3.31. The van der Waals surface area contributed by atoms with E-state index in [2.05, 4.69) is 47.1 Å². The molecule has 0 aliphatic rings. The van der Waals surface area contributed by atoms with Crippen molar-refractivity contribution < 1.29 is 0 Å². The second kappa shape index (κ2) is 5.66. The number of nitrogens with one attached hydrogen (secondary N) is 1. The average Bonchev–Trinajstić information content (AvgIpc) is 2.45. The third-order valence-corrected chi connectivity index (χ3v) is 3.04. The summed E-state index contributed by atoms with van der Waals surface area (Å²) < 4.78 is 3.04. The molecule has 1 rings (SSSR count).